The van der Waals surface area contributed by atoms with Gasteiger partial charge in [0.1, 0.15) is 5.75 Å². The van der Waals surface area contributed by atoms with Crippen molar-refractivity contribution < 1.29 is 14.3 Å². The van der Waals surface area contributed by atoms with Gasteiger partial charge in [-0.2, -0.15) is 5.10 Å². The second-order valence-electron chi connectivity index (χ2n) is 5.84. The topological polar surface area (TPSA) is 110 Å². The first kappa shape index (κ1) is 18.9. The van der Waals surface area contributed by atoms with Crippen molar-refractivity contribution in [3.63, 3.8) is 0 Å². The summed E-state index contributed by atoms with van der Waals surface area (Å²) in [5.41, 5.74) is 1.88. The minimum Gasteiger partial charge on any atom is -0.494 e. The highest BCUT2D eigenvalue weighted by Crippen LogP contribution is 2.27. The molecule has 0 atom stereocenters. The fourth-order valence-electron chi connectivity index (χ4n) is 2.58. The number of nitrogens with zero attached hydrogens (tertiary/aromatic N) is 3. The monoisotopic (exact) mass is 380 g/mol. The minimum atomic E-state index is -0.385. The summed E-state index contributed by atoms with van der Waals surface area (Å²) in [7, 11) is 1.49. The highest BCUT2D eigenvalue weighted by molar-refractivity contribution is 5.93. The number of rotatable bonds is 6. The molecule has 3 rings (SSSR count). The van der Waals surface area contributed by atoms with Gasteiger partial charge in [0.25, 0.3) is 0 Å². The van der Waals surface area contributed by atoms with Crippen molar-refractivity contribution in [1.82, 2.24) is 20.1 Å². The molecule has 0 aliphatic rings. The third kappa shape index (κ3) is 4.64. The second kappa shape index (κ2) is 8.67. The molecule has 0 saturated heterocycles. The van der Waals surface area contributed by atoms with Crippen LogP contribution in [0.2, 0.25) is 0 Å². The number of hydrogen-bond donors (Lipinski definition) is 3. The average molecular weight is 380 g/mol. The highest BCUT2D eigenvalue weighted by Gasteiger charge is 2.10. The maximum atomic E-state index is 12.3. The van der Waals surface area contributed by atoms with Crippen LogP contribution in [0.4, 0.5) is 16.2 Å². The van der Waals surface area contributed by atoms with Crippen LogP contribution in [-0.4, -0.2) is 33.8 Å². The number of urea groups is 1. The fourth-order valence-corrected chi connectivity index (χ4v) is 2.58. The number of aromatic nitrogens is 3. The van der Waals surface area contributed by atoms with Crippen LogP contribution in [0, 0.1) is 0 Å². The number of ether oxygens (including phenoxy) is 1. The summed E-state index contributed by atoms with van der Waals surface area (Å²) in [6.45, 7) is 1.69. The Hall–Kier alpha value is -3.88. The second-order valence-corrected chi connectivity index (χ2v) is 5.84. The first-order chi connectivity index (χ1) is 13.6. The molecule has 0 aliphatic carbocycles. The lowest BCUT2D eigenvalue weighted by molar-refractivity contribution is -0.114. The van der Waals surface area contributed by atoms with E-state index in [1.54, 1.807) is 53.6 Å². The van der Waals surface area contributed by atoms with Crippen molar-refractivity contribution in [2.75, 3.05) is 17.7 Å². The number of carbonyl (C=O) groups is 2. The van der Waals surface area contributed by atoms with E-state index in [1.165, 1.54) is 14.0 Å². The van der Waals surface area contributed by atoms with Gasteiger partial charge in [0, 0.05) is 49.4 Å². The van der Waals surface area contributed by atoms with Crippen LogP contribution >= 0.6 is 0 Å². The van der Waals surface area contributed by atoms with E-state index >= 15 is 0 Å². The van der Waals surface area contributed by atoms with Crippen LogP contribution in [0.5, 0.6) is 5.75 Å². The quantitative estimate of drug-likeness (QED) is 0.609. The van der Waals surface area contributed by atoms with Crippen molar-refractivity contribution in [3.05, 3.63) is 60.6 Å². The van der Waals surface area contributed by atoms with Crippen LogP contribution < -0.4 is 20.7 Å². The summed E-state index contributed by atoms with van der Waals surface area (Å²) in [6, 6.07) is 10.0. The number of anilines is 2. The molecule has 9 nitrogen and oxygen atoms in total. The number of nitrogens with one attached hydrogen (secondary N) is 3. The van der Waals surface area contributed by atoms with E-state index in [0.29, 0.717) is 22.9 Å². The van der Waals surface area contributed by atoms with E-state index in [9.17, 15) is 9.59 Å². The van der Waals surface area contributed by atoms with E-state index < -0.39 is 0 Å². The Morgan fingerprint density at radius 2 is 2.00 bits per heavy atom. The number of hydrogen-bond acceptors (Lipinski definition) is 5. The Morgan fingerprint density at radius 1 is 1.14 bits per heavy atom. The van der Waals surface area contributed by atoms with Gasteiger partial charge in [0.05, 0.1) is 12.8 Å². The van der Waals surface area contributed by atoms with Gasteiger partial charge in [-0.05, 0) is 24.3 Å². The SMILES string of the molecule is COc1cc(NC(=O)NCc2cccnc2-n2cccn2)ccc1NC(C)=O. The Labute approximate surface area is 161 Å². The molecule has 3 N–H and O–H groups in total. The largest absolute Gasteiger partial charge is 0.494 e. The van der Waals surface area contributed by atoms with Gasteiger partial charge in [-0.1, -0.05) is 6.07 Å². The lowest BCUT2D eigenvalue weighted by Gasteiger charge is -2.13. The van der Waals surface area contributed by atoms with Crippen LogP contribution in [0.3, 0.4) is 0 Å². The van der Waals surface area contributed by atoms with Gasteiger partial charge in [0.15, 0.2) is 5.82 Å². The number of methoxy groups -OCH3 is 1. The lowest BCUT2D eigenvalue weighted by Crippen LogP contribution is -2.28. The summed E-state index contributed by atoms with van der Waals surface area (Å²) in [4.78, 5) is 27.8. The molecule has 0 spiro atoms. The van der Waals surface area contributed by atoms with Gasteiger partial charge in [0.2, 0.25) is 5.91 Å². The molecule has 0 bridgehead atoms. The van der Waals surface area contributed by atoms with E-state index in [-0.39, 0.29) is 18.5 Å². The van der Waals surface area contributed by atoms with E-state index in [4.69, 9.17) is 4.74 Å². The normalized spacial score (nSPS) is 10.2. The smallest absolute Gasteiger partial charge is 0.319 e. The van der Waals surface area contributed by atoms with E-state index in [1.807, 2.05) is 6.07 Å². The summed E-state index contributed by atoms with van der Waals surface area (Å²) in [5.74, 6) is 0.886. The zero-order chi connectivity index (χ0) is 19.9. The van der Waals surface area contributed by atoms with Crippen LogP contribution in [0.1, 0.15) is 12.5 Å². The molecule has 2 heterocycles. The third-order valence-corrected chi connectivity index (χ3v) is 3.80. The molecule has 0 unspecified atom stereocenters. The van der Waals surface area contributed by atoms with Gasteiger partial charge in [-0.25, -0.2) is 14.5 Å². The molecule has 3 aromatic rings. The van der Waals surface area contributed by atoms with Gasteiger partial charge >= 0.3 is 6.03 Å². The third-order valence-electron chi connectivity index (χ3n) is 3.80. The van der Waals surface area contributed by atoms with E-state index in [2.05, 4.69) is 26.0 Å². The van der Waals surface area contributed by atoms with Crippen molar-refractivity contribution >= 4 is 23.3 Å². The predicted octanol–water partition coefficient (Wildman–Crippen LogP) is 2.56. The lowest BCUT2D eigenvalue weighted by atomic mass is 10.2. The Morgan fingerprint density at radius 3 is 2.71 bits per heavy atom. The van der Waals surface area contributed by atoms with Gasteiger partial charge in [-0.15, -0.1) is 0 Å². The Balaban J connectivity index is 1.65. The zero-order valence-electron chi connectivity index (χ0n) is 15.5. The zero-order valence-corrected chi connectivity index (χ0v) is 15.5. The van der Waals surface area contributed by atoms with E-state index in [0.717, 1.165) is 5.56 Å². The summed E-state index contributed by atoms with van der Waals surface area (Å²) in [6.07, 6.45) is 5.12. The molecule has 144 valence electrons. The summed E-state index contributed by atoms with van der Waals surface area (Å²) in [5, 5.41) is 12.4. The fraction of sp³-hybridized carbons (Fsp3) is 0.158. The van der Waals surface area contributed by atoms with Crippen molar-refractivity contribution in [2.24, 2.45) is 0 Å². The average Bonchev–Trinajstić information content (AvgIpc) is 3.22. The summed E-state index contributed by atoms with van der Waals surface area (Å²) < 4.78 is 6.89. The molecular weight excluding hydrogens is 360 g/mol. The first-order valence-corrected chi connectivity index (χ1v) is 8.51. The number of pyridine rings is 1. The molecule has 2 aromatic heterocycles. The molecule has 28 heavy (non-hydrogen) atoms. The Kier molecular flexibility index (Phi) is 5.85. The maximum Gasteiger partial charge on any atom is 0.319 e. The molecule has 0 aliphatic heterocycles. The van der Waals surface area contributed by atoms with Gasteiger partial charge in [-0.3, -0.25) is 4.79 Å². The molecule has 0 saturated carbocycles. The number of carbonyl (C=O) groups excluding carboxylic acids is 2. The van der Waals surface area contributed by atoms with Crippen molar-refractivity contribution in [3.8, 4) is 11.6 Å². The highest BCUT2D eigenvalue weighted by atomic mass is 16.5. The van der Waals surface area contributed by atoms with Crippen molar-refractivity contribution in [1.29, 1.82) is 0 Å². The number of amides is 3. The number of benzene rings is 1. The standard InChI is InChI=1S/C19H20N6O3/c1-13(26)23-16-7-6-15(11-17(16)28-2)24-19(27)21-12-14-5-3-8-20-18(14)25-10-4-9-22-25/h3-11H,12H2,1-2H3,(H,23,26)(H2,21,24,27). The molecular formula is C19H20N6O3. The Bertz CT molecular complexity index is 972. The van der Waals surface area contributed by atoms with Crippen LogP contribution in [-0.2, 0) is 11.3 Å². The summed E-state index contributed by atoms with van der Waals surface area (Å²) >= 11 is 0. The molecule has 9 heteroatoms. The molecule has 0 fully saturated rings. The molecule has 0 radical (unpaired) electrons. The van der Waals surface area contributed by atoms with Gasteiger partial charge < -0.3 is 20.7 Å². The minimum absolute atomic E-state index is 0.207. The predicted molar refractivity (Wildman–Crippen MR) is 105 cm³/mol. The van der Waals surface area contributed by atoms with Crippen molar-refractivity contribution in [2.45, 2.75) is 13.5 Å². The maximum absolute atomic E-state index is 12.3. The first-order valence-electron chi connectivity index (χ1n) is 8.51. The van der Waals surface area contributed by atoms with Crippen LogP contribution in [0.15, 0.2) is 55.0 Å². The molecule has 1 aromatic carbocycles. The van der Waals surface area contributed by atoms with Crippen LogP contribution in [0.25, 0.3) is 5.82 Å². The molecule has 3 amide bonds.